The van der Waals surface area contributed by atoms with E-state index in [0.29, 0.717) is 22.6 Å². The van der Waals surface area contributed by atoms with Crippen LogP contribution in [0.2, 0.25) is 0 Å². The second-order valence-corrected chi connectivity index (χ2v) is 6.32. The molecule has 0 aliphatic carbocycles. The fraction of sp³-hybridized carbons (Fsp3) is 0.235. The van der Waals surface area contributed by atoms with Crippen LogP contribution in [0.3, 0.4) is 0 Å². The summed E-state index contributed by atoms with van der Waals surface area (Å²) in [4.78, 5) is 28.0. The van der Waals surface area contributed by atoms with Crippen LogP contribution in [0.1, 0.15) is 5.01 Å². The summed E-state index contributed by atoms with van der Waals surface area (Å²) in [5, 5.41) is 14.6. The van der Waals surface area contributed by atoms with E-state index in [1.54, 1.807) is 24.3 Å². The van der Waals surface area contributed by atoms with Gasteiger partial charge < -0.3 is 19.6 Å². The molecule has 0 unspecified atom stereocenters. The third-order valence-electron chi connectivity index (χ3n) is 3.41. The van der Waals surface area contributed by atoms with Gasteiger partial charge in [0, 0.05) is 23.4 Å². The molecule has 0 atom stereocenters. The molecule has 7 nitrogen and oxygen atoms in total. The van der Waals surface area contributed by atoms with Crippen molar-refractivity contribution in [3.63, 3.8) is 0 Å². The highest BCUT2D eigenvalue weighted by molar-refractivity contribution is 7.09. The molecule has 0 radical (unpaired) electrons. The lowest BCUT2D eigenvalue weighted by Crippen LogP contribution is -2.31. The van der Waals surface area contributed by atoms with E-state index in [1.807, 2.05) is 12.3 Å². The van der Waals surface area contributed by atoms with Gasteiger partial charge in [-0.25, -0.2) is 9.78 Å². The van der Waals surface area contributed by atoms with Crippen LogP contribution in [0.15, 0.2) is 38.9 Å². The normalized spacial score (nSPS) is 10.8. The molecule has 2 heterocycles. The number of aliphatic hydroxyl groups excluding tert-OH is 1. The molecule has 8 heteroatoms. The van der Waals surface area contributed by atoms with E-state index in [2.05, 4.69) is 10.3 Å². The number of benzene rings is 1. The highest BCUT2D eigenvalue weighted by atomic mass is 32.1. The van der Waals surface area contributed by atoms with E-state index in [0.717, 1.165) is 10.4 Å². The second-order valence-electron chi connectivity index (χ2n) is 5.26. The number of fused-ring (bicyclic) bond motifs is 1. The molecule has 0 bridgehead atoms. The van der Waals surface area contributed by atoms with Crippen LogP contribution >= 0.6 is 11.3 Å². The van der Waals surface area contributed by atoms with E-state index in [4.69, 9.17) is 14.3 Å². The van der Waals surface area contributed by atoms with E-state index < -0.39 is 5.63 Å². The minimum absolute atomic E-state index is 0.131. The predicted octanol–water partition coefficient (Wildman–Crippen LogP) is 1.71. The van der Waals surface area contributed by atoms with E-state index in [9.17, 15) is 9.59 Å². The van der Waals surface area contributed by atoms with Crippen LogP contribution in [0, 0.1) is 6.92 Å². The fourth-order valence-electron chi connectivity index (χ4n) is 2.24. The Morgan fingerprint density at radius 2 is 2.24 bits per heavy atom. The van der Waals surface area contributed by atoms with Crippen LogP contribution in [-0.4, -0.2) is 35.8 Å². The summed E-state index contributed by atoms with van der Waals surface area (Å²) >= 11 is 1.47. The first kappa shape index (κ1) is 17.1. The number of aryl methyl sites for hydroxylation is 1. The van der Waals surface area contributed by atoms with Gasteiger partial charge in [0.2, 0.25) is 0 Å². The van der Waals surface area contributed by atoms with E-state index in [1.165, 1.54) is 11.3 Å². The lowest BCUT2D eigenvalue weighted by atomic mass is 10.1. The van der Waals surface area contributed by atoms with Crippen molar-refractivity contribution in [3.8, 4) is 17.0 Å². The number of aromatic nitrogens is 1. The zero-order valence-electron chi connectivity index (χ0n) is 13.4. The minimum Gasteiger partial charge on any atom is -0.484 e. The zero-order chi connectivity index (χ0) is 17.8. The fourth-order valence-corrected chi connectivity index (χ4v) is 2.86. The van der Waals surface area contributed by atoms with Gasteiger partial charge in [0.15, 0.2) is 6.61 Å². The van der Waals surface area contributed by atoms with Gasteiger partial charge in [0.1, 0.15) is 11.3 Å². The Kier molecular flexibility index (Phi) is 5.11. The lowest BCUT2D eigenvalue weighted by Gasteiger charge is -2.07. The van der Waals surface area contributed by atoms with Crippen LogP contribution < -0.4 is 15.7 Å². The first-order chi connectivity index (χ1) is 12.1. The average Bonchev–Trinajstić information content (AvgIpc) is 3.03. The van der Waals surface area contributed by atoms with Crippen LogP contribution in [0.4, 0.5) is 0 Å². The van der Waals surface area contributed by atoms with Gasteiger partial charge in [-0.05, 0) is 25.1 Å². The Labute approximate surface area is 146 Å². The quantitative estimate of drug-likeness (QED) is 0.649. The Morgan fingerprint density at radius 1 is 1.40 bits per heavy atom. The molecule has 0 saturated heterocycles. The van der Waals surface area contributed by atoms with Crippen LogP contribution in [0.5, 0.6) is 5.75 Å². The monoisotopic (exact) mass is 360 g/mol. The van der Waals surface area contributed by atoms with Crippen molar-refractivity contribution in [2.75, 3.05) is 19.8 Å². The Balaban J connectivity index is 1.82. The summed E-state index contributed by atoms with van der Waals surface area (Å²) in [6.07, 6.45) is 0. The highest BCUT2D eigenvalue weighted by Gasteiger charge is 2.11. The van der Waals surface area contributed by atoms with E-state index >= 15 is 0 Å². The maximum absolute atomic E-state index is 12.2. The number of rotatable bonds is 6. The van der Waals surface area contributed by atoms with Crippen molar-refractivity contribution in [2.24, 2.45) is 0 Å². The number of amides is 1. The molecule has 130 valence electrons. The third-order valence-corrected chi connectivity index (χ3v) is 4.18. The number of hydrogen-bond donors (Lipinski definition) is 2. The molecule has 2 N–H and O–H groups in total. The number of carbonyl (C=O) groups is 1. The second kappa shape index (κ2) is 7.45. The molecule has 3 rings (SSSR count). The van der Waals surface area contributed by atoms with Gasteiger partial charge in [-0.1, -0.05) is 0 Å². The summed E-state index contributed by atoms with van der Waals surface area (Å²) < 4.78 is 10.7. The summed E-state index contributed by atoms with van der Waals surface area (Å²) in [6, 6.07) is 6.74. The Morgan fingerprint density at radius 3 is 2.96 bits per heavy atom. The van der Waals surface area contributed by atoms with Gasteiger partial charge in [-0.3, -0.25) is 4.79 Å². The average molecular weight is 360 g/mol. The van der Waals surface area contributed by atoms with Crippen molar-refractivity contribution in [1.82, 2.24) is 10.3 Å². The number of thiazole rings is 1. The van der Waals surface area contributed by atoms with Crippen molar-refractivity contribution >= 4 is 28.2 Å². The largest absolute Gasteiger partial charge is 0.484 e. The molecule has 25 heavy (non-hydrogen) atoms. The topological polar surface area (TPSA) is 102 Å². The van der Waals surface area contributed by atoms with Crippen molar-refractivity contribution in [1.29, 1.82) is 0 Å². The molecule has 0 aliphatic rings. The summed E-state index contributed by atoms with van der Waals surface area (Å²) in [6.45, 7) is 1.73. The van der Waals surface area contributed by atoms with Gasteiger partial charge >= 0.3 is 5.63 Å². The SMILES string of the molecule is Cc1nc(-c2cc3ccc(OCC(=O)NCCO)cc3oc2=O)cs1. The number of hydrogen-bond acceptors (Lipinski definition) is 7. The molecular weight excluding hydrogens is 344 g/mol. The maximum atomic E-state index is 12.2. The predicted molar refractivity (Wildman–Crippen MR) is 93.9 cm³/mol. The van der Waals surface area contributed by atoms with Crippen LogP contribution in [0.25, 0.3) is 22.2 Å². The first-order valence-corrected chi connectivity index (χ1v) is 8.45. The zero-order valence-corrected chi connectivity index (χ0v) is 14.3. The van der Waals surface area contributed by atoms with Gasteiger partial charge in [0.25, 0.3) is 5.91 Å². The standard InChI is InChI=1S/C17H16N2O5S/c1-10-19-14(9-25-10)13-6-11-2-3-12(7-15(11)24-17(13)22)23-8-16(21)18-4-5-20/h2-3,6-7,9,20H,4-5,8H2,1H3,(H,18,21). The molecule has 0 aliphatic heterocycles. The highest BCUT2D eigenvalue weighted by Crippen LogP contribution is 2.25. The Bertz CT molecular complexity index is 963. The Hall–Kier alpha value is -2.71. The maximum Gasteiger partial charge on any atom is 0.345 e. The first-order valence-electron chi connectivity index (χ1n) is 7.57. The molecular formula is C17H16N2O5S. The van der Waals surface area contributed by atoms with Gasteiger partial charge in [-0.15, -0.1) is 11.3 Å². The molecule has 0 fully saturated rings. The smallest absolute Gasteiger partial charge is 0.345 e. The number of nitrogens with zero attached hydrogens (tertiary/aromatic N) is 1. The molecule has 1 aromatic carbocycles. The summed E-state index contributed by atoms with van der Waals surface area (Å²) in [5.74, 6) is 0.0666. The van der Waals surface area contributed by atoms with Crippen LogP contribution in [-0.2, 0) is 4.79 Å². The molecule has 2 aromatic heterocycles. The van der Waals surface area contributed by atoms with Gasteiger partial charge in [-0.2, -0.15) is 0 Å². The number of nitrogens with one attached hydrogen (secondary N) is 1. The van der Waals surface area contributed by atoms with Crippen molar-refractivity contribution < 1.29 is 19.1 Å². The lowest BCUT2D eigenvalue weighted by molar-refractivity contribution is -0.123. The number of carbonyl (C=O) groups excluding carboxylic acids is 1. The minimum atomic E-state index is -0.476. The molecule has 0 saturated carbocycles. The van der Waals surface area contributed by atoms with Crippen molar-refractivity contribution in [3.05, 3.63) is 45.1 Å². The van der Waals surface area contributed by atoms with E-state index in [-0.39, 0.29) is 25.7 Å². The molecule has 3 aromatic rings. The summed E-state index contributed by atoms with van der Waals surface area (Å²) in [5.41, 5.74) is 0.900. The van der Waals surface area contributed by atoms with Gasteiger partial charge in [0.05, 0.1) is 22.9 Å². The van der Waals surface area contributed by atoms with Crippen molar-refractivity contribution in [2.45, 2.75) is 6.92 Å². The molecule has 0 spiro atoms. The molecule has 1 amide bonds. The number of ether oxygens (including phenoxy) is 1. The summed E-state index contributed by atoms with van der Waals surface area (Å²) in [7, 11) is 0. The number of aliphatic hydroxyl groups is 1. The third kappa shape index (κ3) is 4.04.